The Morgan fingerprint density at radius 1 is 1.17 bits per heavy atom. The van der Waals surface area contributed by atoms with Gasteiger partial charge in [-0.3, -0.25) is 19.4 Å². The molecule has 7 nitrogen and oxygen atoms in total. The van der Waals surface area contributed by atoms with Gasteiger partial charge in [0.15, 0.2) is 6.29 Å². The van der Waals surface area contributed by atoms with E-state index in [-0.39, 0.29) is 12.6 Å². The van der Waals surface area contributed by atoms with E-state index in [1.165, 1.54) is 0 Å². The minimum Gasteiger partial charge on any atom is -0.493 e. The highest BCUT2D eigenvalue weighted by Gasteiger charge is 2.21. The Hall–Kier alpha value is -3.22. The molecule has 3 aromatic rings. The third kappa shape index (κ3) is 4.13. The van der Waals surface area contributed by atoms with Gasteiger partial charge < -0.3 is 9.47 Å². The quantitative estimate of drug-likeness (QED) is 0.581. The van der Waals surface area contributed by atoms with Crippen LogP contribution in [0.2, 0.25) is 0 Å². The van der Waals surface area contributed by atoms with Gasteiger partial charge in [0, 0.05) is 36.6 Å². The van der Waals surface area contributed by atoms with E-state index in [9.17, 15) is 4.79 Å². The highest BCUT2D eigenvalue weighted by atomic mass is 16.5. The maximum atomic E-state index is 11.6. The van der Waals surface area contributed by atoms with Gasteiger partial charge in [0.1, 0.15) is 29.5 Å². The van der Waals surface area contributed by atoms with Gasteiger partial charge in [-0.25, -0.2) is 0 Å². The summed E-state index contributed by atoms with van der Waals surface area (Å²) >= 11 is 0. The van der Waals surface area contributed by atoms with Crippen LogP contribution in [0.15, 0.2) is 36.8 Å². The SMILES string of the molecule is CC.CC(C)n1nccc1-c1nccnc1COc1ccc2c(c1C=O)CCO2. The molecule has 4 rings (SSSR count). The van der Waals surface area contributed by atoms with Crippen molar-refractivity contribution in [2.75, 3.05) is 6.61 Å². The van der Waals surface area contributed by atoms with Gasteiger partial charge in [0.25, 0.3) is 0 Å². The number of hydrogen-bond donors (Lipinski definition) is 0. The van der Waals surface area contributed by atoms with Crippen molar-refractivity contribution < 1.29 is 14.3 Å². The Morgan fingerprint density at radius 3 is 2.72 bits per heavy atom. The molecule has 0 atom stereocenters. The molecule has 0 fully saturated rings. The lowest BCUT2D eigenvalue weighted by Crippen LogP contribution is -2.09. The zero-order chi connectivity index (χ0) is 20.8. The lowest BCUT2D eigenvalue weighted by atomic mass is 10.1. The topological polar surface area (TPSA) is 79.1 Å². The van der Waals surface area contributed by atoms with Gasteiger partial charge >= 0.3 is 0 Å². The van der Waals surface area contributed by atoms with E-state index in [2.05, 4.69) is 28.9 Å². The van der Waals surface area contributed by atoms with Crippen LogP contribution in [0.5, 0.6) is 11.5 Å². The van der Waals surface area contributed by atoms with Crippen molar-refractivity contribution in [3.63, 3.8) is 0 Å². The zero-order valence-electron chi connectivity index (χ0n) is 17.3. The molecule has 1 aromatic carbocycles. The summed E-state index contributed by atoms with van der Waals surface area (Å²) in [6, 6.07) is 5.72. The van der Waals surface area contributed by atoms with Crippen molar-refractivity contribution in [1.29, 1.82) is 0 Å². The predicted molar refractivity (Wildman–Crippen MR) is 110 cm³/mol. The lowest BCUT2D eigenvalue weighted by Gasteiger charge is -2.14. The van der Waals surface area contributed by atoms with Gasteiger partial charge in [0.2, 0.25) is 0 Å². The summed E-state index contributed by atoms with van der Waals surface area (Å²) in [7, 11) is 0. The molecule has 3 heterocycles. The third-order valence-electron chi connectivity index (χ3n) is 4.54. The number of fused-ring (bicyclic) bond motifs is 1. The average molecular weight is 394 g/mol. The van der Waals surface area contributed by atoms with Crippen molar-refractivity contribution in [3.05, 3.63) is 53.6 Å². The fraction of sp³-hybridized carbons (Fsp3) is 0.364. The van der Waals surface area contributed by atoms with E-state index in [1.807, 2.05) is 30.7 Å². The summed E-state index contributed by atoms with van der Waals surface area (Å²) in [6.45, 7) is 8.91. The minimum atomic E-state index is 0.198. The molecule has 29 heavy (non-hydrogen) atoms. The second-order valence-electron chi connectivity index (χ2n) is 6.57. The third-order valence-corrected chi connectivity index (χ3v) is 4.54. The summed E-state index contributed by atoms with van der Waals surface area (Å²) in [5.74, 6) is 1.29. The van der Waals surface area contributed by atoms with Gasteiger partial charge in [-0.05, 0) is 32.0 Å². The number of carbonyl (C=O) groups is 1. The predicted octanol–water partition coefficient (Wildman–Crippen LogP) is 4.27. The largest absolute Gasteiger partial charge is 0.493 e. The number of ether oxygens (including phenoxy) is 2. The molecule has 0 aliphatic carbocycles. The maximum absolute atomic E-state index is 11.6. The number of nitrogens with zero attached hydrogens (tertiary/aromatic N) is 4. The molecule has 0 saturated heterocycles. The number of aldehydes is 1. The zero-order valence-corrected chi connectivity index (χ0v) is 17.3. The summed E-state index contributed by atoms with van der Waals surface area (Å²) in [5.41, 5.74) is 3.74. The molecular formula is C22H26N4O3. The first-order valence-corrected chi connectivity index (χ1v) is 9.89. The molecular weight excluding hydrogens is 368 g/mol. The number of aromatic nitrogens is 4. The Balaban J connectivity index is 0.00000117. The van der Waals surface area contributed by atoms with Crippen molar-refractivity contribution in [2.24, 2.45) is 0 Å². The van der Waals surface area contributed by atoms with Crippen LogP contribution in [-0.2, 0) is 13.0 Å². The van der Waals surface area contributed by atoms with Crippen molar-refractivity contribution in [1.82, 2.24) is 19.7 Å². The van der Waals surface area contributed by atoms with E-state index in [0.717, 1.165) is 29.0 Å². The Bertz CT molecular complexity index is 982. The van der Waals surface area contributed by atoms with Gasteiger partial charge in [0.05, 0.1) is 17.9 Å². The van der Waals surface area contributed by atoms with Crippen LogP contribution < -0.4 is 9.47 Å². The Labute approximate surface area is 170 Å². The van der Waals surface area contributed by atoms with Crippen molar-refractivity contribution in [2.45, 2.75) is 46.8 Å². The first-order chi connectivity index (χ1) is 14.2. The molecule has 2 aromatic heterocycles. The van der Waals surface area contributed by atoms with Gasteiger partial charge in [-0.2, -0.15) is 5.10 Å². The number of rotatable bonds is 6. The van der Waals surface area contributed by atoms with E-state index in [4.69, 9.17) is 9.47 Å². The fourth-order valence-corrected chi connectivity index (χ4v) is 3.28. The summed E-state index contributed by atoms with van der Waals surface area (Å²) in [6.07, 6.45) is 6.58. The standard InChI is InChI=1S/C20H20N4O3.C2H6/c1-13(2)24-17(5-7-23-24)20-16(21-8-9-22-20)12-27-19-4-3-18-14(6-10-26-18)15(19)11-25;1-2/h3-5,7-9,11,13H,6,10,12H2,1-2H3;1-2H3. The molecule has 7 heteroatoms. The highest BCUT2D eigenvalue weighted by Crippen LogP contribution is 2.34. The lowest BCUT2D eigenvalue weighted by molar-refractivity contribution is 0.111. The highest BCUT2D eigenvalue weighted by molar-refractivity contribution is 5.83. The second kappa shape index (κ2) is 9.32. The molecule has 1 aliphatic heterocycles. The summed E-state index contributed by atoms with van der Waals surface area (Å²) < 4.78 is 13.4. The van der Waals surface area contributed by atoms with Crippen molar-refractivity contribution >= 4 is 6.29 Å². The number of hydrogen-bond acceptors (Lipinski definition) is 6. The van der Waals surface area contributed by atoms with Crippen LogP contribution in [0.25, 0.3) is 11.4 Å². The second-order valence-corrected chi connectivity index (χ2v) is 6.57. The molecule has 0 spiro atoms. The molecule has 0 unspecified atom stereocenters. The normalized spacial score (nSPS) is 12.0. The summed E-state index contributed by atoms with van der Waals surface area (Å²) in [5, 5.41) is 4.37. The van der Waals surface area contributed by atoms with E-state index in [0.29, 0.717) is 30.0 Å². The molecule has 0 saturated carbocycles. The van der Waals surface area contributed by atoms with Crippen molar-refractivity contribution in [3.8, 4) is 22.9 Å². The van der Waals surface area contributed by atoms with Crippen LogP contribution in [-0.4, -0.2) is 32.6 Å². The molecule has 1 aliphatic rings. The van der Waals surface area contributed by atoms with Crippen LogP contribution in [0.4, 0.5) is 0 Å². The van der Waals surface area contributed by atoms with E-state index >= 15 is 0 Å². The number of carbonyl (C=O) groups excluding carboxylic acids is 1. The summed E-state index contributed by atoms with van der Waals surface area (Å²) in [4.78, 5) is 20.5. The first-order valence-electron chi connectivity index (χ1n) is 9.89. The molecule has 0 amide bonds. The minimum absolute atomic E-state index is 0.198. The van der Waals surface area contributed by atoms with Crippen LogP contribution in [0.1, 0.15) is 55.4 Å². The van der Waals surface area contributed by atoms with Crippen LogP contribution >= 0.6 is 0 Å². The van der Waals surface area contributed by atoms with E-state index in [1.54, 1.807) is 24.7 Å². The Morgan fingerprint density at radius 2 is 1.97 bits per heavy atom. The number of benzene rings is 1. The van der Waals surface area contributed by atoms with Gasteiger partial charge in [-0.1, -0.05) is 13.8 Å². The van der Waals surface area contributed by atoms with Crippen LogP contribution in [0.3, 0.4) is 0 Å². The first kappa shape index (κ1) is 20.5. The maximum Gasteiger partial charge on any atom is 0.154 e. The molecule has 0 radical (unpaired) electrons. The average Bonchev–Trinajstić information content (AvgIpc) is 3.43. The molecule has 0 bridgehead atoms. The smallest absolute Gasteiger partial charge is 0.154 e. The fourth-order valence-electron chi connectivity index (χ4n) is 3.28. The van der Waals surface area contributed by atoms with Crippen LogP contribution in [0, 0.1) is 0 Å². The molecule has 152 valence electrons. The Kier molecular flexibility index (Phi) is 6.59. The van der Waals surface area contributed by atoms with E-state index < -0.39 is 0 Å². The van der Waals surface area contributed by atoms with Gasteiger partial charge in [-0.15, -0.1) is 0 Å². The monoisotopic (exact) mass is 394 g/mol. The molecule has 0 N–H and O–H groups in total.